The first-order valence-corrected chi connectivity index (χ1v) is 10.0. The molecule has 1 saturated heterocycles. The summed E-state index contributed by atoms with van der Waals surface area (Å²) >= 11 is 0. The number of rotatable bonds is 5. The Morgan fingerprint density at radius 1 is 1.07 bits per heavy atom. The van der Waals surface area contributed by atoms with Crippen molar-refractivity contribution in [2.24, 2.45) is 5.92 Å². The van der Waals surface area contributed by atoms with Crippen molar-refractivity contribution < 1.29 is 9.53 Å². The van der Waals surface area contributed by atoms with Gasteiger partial charge in [0.25, 0.3) is 5.88 Å². The van der Waals surface area contributed by atoms with Gasteiger partial charge < -0.3 is 14.5 Å². The molecule has 2 heterocycles. The number of ether oxygens (including phenoxy) is 1. The summed E-state index contributed by atoms with van der Waals surface area (Å²) < 4.78 is 6.12. The summed E-state index contributed by atoms with van der Waals surface area (Å²) in [5.41, 5.74) is 1.63. The van der Waals surface area contributed by atoms with Crippen LogP contribution in [-0.4, -0.2) is 47.0 Å². The zero-order valence-electron chi connectivity index (χ0n) is 17.1. The minimum Gasteiger partial charge on any atom is -0.436 e. The molecule has 0 unspecified atom stereocenters. The number of nitrogens with zero attached hydrogens (tertiary/aromatic N) is 4. The van der Waals surface area contributed by atoms with Crippen LogP contribution >= 0.6 is 0 Å². The number of carbonyl (C=O) groups excluding carboxylic acids is 1. The number of amides is 1. The molecule has 29 heavy (non-hydrogen) atoms. The van der Waals surface area contributed by atoms with E-state index in [-0.39, 0.29) is 17.9 Å². The summed E-state index contributed by atoms with van der Waals surface area (Å²) in [6.45, 7) is 5.39. The molecule has 0 radical (unpaired) electrons. The number of benzene rings is 2. The molecule has 150 valence electrons. The molecular formula is C23H26N4O2. The van der Waals surface area contributed by atoms with E-state index in [1.54, 1.807) is 0 Å². The van der Waals surface area contributed by atoms with Crippen molar-refractivity contribution in [2.75, 3.05) is 25.0 Å². The van der Waals surface area contributed by atoms with Gasteiger partial charge in [-0.15, -0.1) is 0 Å². The summed E-state index contributed by atoms with van der Waals surface area (Å²) in [5.74, 6) is 2.10. The number of para-hydroxylation sites is 3. The van der Waals surface area contributed by atoms with Crippen molar-refractivity contribution in [3.8, 4) is 11.6 Å². The molecule has 1 atom stereocenters. The van der Waals surface area contributed by atoms with Gasteiger partial charge in [-0.3, -0.25) is 4.79 Å². The Bertz CT molecular complexity index is 1010. The lowest BCUT2D eigenvalue weighted by molar-refractivity contribution is -0.134. The summed E-state index contributed by atoms with van der Waals surface area (Å²) in [7, 11) is 1.89. The Morgan fingerprint density at radius 2 is 1.72 bits per heavy atom. The Kier molecular flexibility index (Phi) is 5.34. The minimum atomic E-state index is -0.00788. The van der Waals surface area contributed by atoms with E-state index in [2.05, 4.69) is 4.90 Å². The van der Waals surface area contributed by atoms with Crippen LogP contribution in [0, 0.1) is 5.92 Å². The minimum absolute atomic E-state index is 0.00788. The van der Waals surface area contributed by atoms with Crippen LogP contribution in [0.4, 0.5) is 5.82 Å². The van der Waals surface area contributed by atoms with E-state index in [1.807, 2.05) is 80.4 Å². The molecule has 0 saturated carbocycles. The number of likely N-dealkylation sites (N-methyl/N-ethyl adjacent to an activating group) is 1. The zero-order chi connectivity index (χ0) is 20.4. The maximum Gasteiger partial charge on any atom is 0.263 e. The van der Waals surface area contributed by atoms with Gasteiger partial charge in [-0.2, -0.15) is 0 Å². The number of carbonyl (C=O) groups is 1. The summed E-state index contributed by atoms with van der Waals surface area (Å²) in [5, 5.41) is 0. The predicted octanol–water partition coefficient (Wildman–Crippen LogP) is 4.12. The van der Waals surface area contributed by atoms with Gasteiger partial charge in [0.05, 0.1) is 17.1 Å². The van der Waals surface area contributed by atoms with Gasteiger partial charge in [0, 0.05) is 26.1 Å². The van der Waals surface area contributed by atoms with Gasteiger partial charge in [0.1, 0.15) is 5.75 Å². The fraction of sp³-hybridized carbons (Fsp3) is 0.348. The topological polar surface area (TPSA) is 58.6 Å². The molecule has 1 fully saturated rings. The molecule has 1 amide bonds. The van der Waals surface area contributed by atoms with Crippen LogP contribution < -0.4 is 9.64 Å². The molecule has 0 N–H and O–H groups in total. The molecule has 6 heteroatoms. The molecular weight excluding hydrogens is 364 g/mol. The summed E-state index contributed by atoms with van der Waals surface area (Å²) in [6.07, 6.45) is 0.897. The first kappa shape index (κ1) is 19.2. The number of hydrogen-bond donors (Lipinski definition) is 0. The largest absolute Gasteiger partial charge is 0.436 e. The van der Waals surface area contributed by atoms with E-state index < -0.39 is 0 Å². The lowest BCUT2D eigenvalue weighted by Crippen LogP contribution is -2.41. The highest BCUT2D eigenvalue weighted by atomic mass is 16.5. The molecule has 4 rings (SSSR count). The average Bonchev–Trinajstić information content (AvgIpc) is 3.23. The molecule has 3 aromatic rings. The molecule has 2 aromatic carbocycles. The highest BCUT2D eigenvalue weighted by Gasteiger charge is 2.32. The fourth-order valence-corrected chi connectivity index (χ4v) is 3.69. The van der Waals surface area contributed by atoms with Crippen molar-refractivity contribution in [3.63, 3.8) is 0 Å². The lowest BCUT2D eigenvalue weighted by Gasteiger charge is -2.27. The smallest absolute Gasteiger partial charge is 0.263 e. The second kappa shape index (κ2) is 8.07. The van der Waals surface area contributed by atoms with Gasteiger partial charge in [-0.25, -0.2) is 9.97 Å². The van der Waals surface area contributed by atoms with E-state index >= 15 is 0 Å². The highest BCUT2D eigenvalue weighted by molar-refractivity contribution is 5.79. The second-order valence-corrected chi connectivity index (χ2v) is 7.75. The van der Waals surface area contributed by atoms with Gasteiger partial charge in [-0.05, 0) is 30.7 Å². The second-order valence-electron chi connectivity index (χ2n) is 7.75. The maximum absolute atomic E-state index is 12.4. The predicted molar refractivity (Wildman–Crippen MR) is 114 cm³/mol. The zero-order valence-corrected chi connectivity index (χ0v) is 17.1. The quantitative estimate of drug-likeness (QED) is 0.656. The van der Waals surface area contributed by atoms with Crippen LogP contribution in [0.2, 0.25) is 0 Å². The summed E-state index contributed by atoms with van der Waals surface area (Å²) in [4.78, 5) is 26.1. The maximum atomic E-state index is 12.4. The van der Waals surface area contributed by atoms with Crippen LogP contribution in [-0.2, 0) is 4.79 Å². The van der Waals surface area contributed by atoms with Gasteiger partial charge in [0.15, 0.2) is 5.82 Å². The van der Waals surface area contributed by atoms with Crippen LogP contribution in [0.3, 0.4) is 0 Å². The number of fused-ring (bicyclic) bond motifs is 1. The number of hydrogen-bond acceptors (Lipinski definition) is 5. The van der Waals surface area contributed by atoms with E-state index in [4.69, 9.17) is 14.7 Å². The Morgan fingerprint density at radius 3 is 2.41 bits per heavy atom. The van der Waals surface area contributed by atoms with Crippen molar-refractivity contribution >= 4 is 22.8 Å². The number of aromatic nitrogens is 2. The van der Waals surface area contributed by atoms with Crippen molar-refractivity contribution in [2.45, 2.75) is 26.3 Å². The third kappa shape index (κ3) is 4.01. The molecule has 6 nitrogen and oxygen atoms in total. The lowest BCUT2D eigenvalue weighted by atomic mass is 10.1. The SMILES string of the molecule is CC(C)C(=O)N(C)[C@H]1CCN(c2nc3ccccc3nc2Oc2ccccc2)C1. The van der Waals surface area contributed by atoms with Crippen molar-refractivity contribution in [3.05, 3.63) is 54.6 Å². The first-order chi connectivity index (χ1) is 14.0. The molecule has 1 aliphatic rings. The van der Waals surface area contributed by atoms with E-state index in [9.17, 15) is 4.79 Å². The van der Waals surface area contributed by atoms with Crippen molar-refractivity contribution in [1.82, 2.24) is 14.9 Å². The third-order valence-electron chi connectivity index (χ3n) is 5.33. The average molecular weight is 390 g/mol. The molecule has 0 aliphatic carbocycles. The Hall–Kier alpha value is -3.15. The van der Waals surface area contributed by atoms with E-state index in [1.165, 1.54) is 0 Å². The van der Waals surface area contributed by atoms with Gasteiger partial charge >= 0.3 is 0 Å². The van der Waals surface area contributed by atoms with E-state index in [0.29, 0.717) is 12.4 Å². The van der Waals surface area contributed by atoms with Crippen LogP contribution in [0.1, 0.15) is 20.3 Å². The third-order valence-corrected chi connectivity index (χ3v) is 5.33. The fourth-order valence-electron chi connectivity index (χ4n) is 3.69. The van der Waals surface area contributed by atoms with Gasteiger partial charge in [-0.1, -0.05) is 44.2 Å². The highest BCUT2D eigenvalue weighted by Crippen LogP contribution is 2.33. The molecule has 1 aromatic heterocycles. The monoisotopic (exact) mass is 390 g/mol. The summed E-state index contributed by atoms with van der Waals surface area (Å²) in [6, 6.07) is 17.6. The first-order valence-electron chi connectivity index (χ1n) is 10.0. The molecule has 1 aliphatic heterocycles. The standard InChI is InChI=1S/C23H26N4O2/c1-16(2)23(28)26(3)17-13-14-27(15-17)21-22(29-18-9-5-4-6-10-18)25-20-12-8-7-11-19(20)24-21/h4-12,16-17H,13-15H2,1-3H3/t17-/m0/s1. The Balaban J connectivity index is 1.65. The van der Waals surface area contributed by atoms with Crippen LogP contribution in [0.25, 0.3) is 11.0 Å². The van der Waals surface area contributed by atoms with Gasteiger partial charge in [0.2, 0.25) is 5.91 Å². The van der Waals surface area contributed by atoms with Crippen LogP contribution in [0.5, 0.6) is 11.6 Å². The Labute approximate surface area is 171 Å². The van der Waals surface area contributed by atoms with Crippen molar-refractivity contribution in [1.29, 1.82) is 0 Å². The number of anilines is 1. The normalized spacial score (nSPS) is 16.4. The molecule has 0 bridgehead atoms. The van der Waals surface area contributed by atoms with Crippen LogP contribution in [0.15, 0.2) is 54.6 Å². The molecule has 0 spiro atoms. The van der Waals surface area contributed by atoms with E-state index in [0.717, 1.165) is 35.6 Å².